The van der Waals surface area contributed by atoms with Gasteiger partial charge in [0.25, 0.3) is 5.91 Å². The van der Waals surface area contributed by atoms with Crippen molar-refractivity contribution in [3.8, 4) is 0 Å². The topological polar surface area (TPSA) is 54.9 Å². The third-order valence-corrected chi connectivity index (χ3v) is 3.68. The Balaban J connectivity index is 1.69. The summed E-state index contributed by atoms with van der Waals surface area (Å²) in [5.41, 5.74) is 2.96. The minimum atomic E-state index is -0.0873. The number of nitrogens with zero attached hydrogens (tertiary/aromatic N) is 2. The smallest absolute Gasteiger partial charge is 0.254 e. The first kappa shape index (κ1) is 12.8. The molecule has 102 valence electrons. The van der Waals surface area contributed by atoms with Crippen molar-refractivity contribution in [1.29, 1.82) is 0 Å². The van der Waals surface area contributed by atoms with E-state index in [-0.39, 0.29) is 11.4 Å². The largest absolute Gasteiger partial charge is 0.346 e. The lowest BCUT2D eigenvalue weighted by atomic mass is 10.0. The zero-order valence-electron chi connectivity index (χ0n) is 11.5. The third kappa shape index (κ3) is 2.85. The van der Waals surface area contributed by atoms with Crippen molar-refractivity contribution >= 4 is 5.91 Å². The quantitative estimate of drug-likeness (QED) is 0.924. The van der Waals surface area contributed by atoms with Crippen LogP contribution in [-0.2, 0) is 6.42 Å². The van der Waals surface area contributed by atoms with Crippen LogP contribution in [-0.4, -0.2) is 21.4 Å². The van der Waals surface area contributed by atoms with E-state index >= 15 is 0 Å². The minimum absolute atomic E-state index is 0.0826. The van der Waals surface area contributed by atoms with Gasteiger partial charge in [0.15, 0.2) is 0 Å². The molecule has 1 N–H and O–H groups in total. The van der Waals surface area contributed by atoms with E-state index in [0.29, 0.717) is 5.56 Å². The van der Waals surface area contributed by atoms with Crippen LogP contribution in [0.2, 0.25) is 0 Å². The monoisotopic (exact) mass is 267 g/mol. The molecule has 4 heteroatoms. The lowest BCUT2D eigenvalue weighted by Crippen LogP contribution is -2.38. The Morgan fingerprint density at radius 2 is 2.05 bits per heavy atom. The molecule has 0 unspecified atom stereocenters. The van der Waals surface area contributed by atoms with Crippen LogP contribution in [0, 0.1) is 6.92 Å². The van der Waals surface area contributed by atoms with E-state index in [4.69, 9.17) is 0 Å². The summed E-state index contributed by atoms with van der Waals surface area (Å²) in [6.45, 7) is 2.09. The molecule has 0 radical (unpaired) electrons. The zero-order valence-corrected chi connectivity index (χ0v) is 11.5. The summed E-state index contributed by atoms with van der Waals surface area (Å²) in [5, 5.41) is 3.13. The summed E-state index contributed by atoms with van der Waals surface area (Å²) in [5.74, 6) is -0.0873. The molecule has 1 saturated carbocycles. The van der Waals surface area contributed by atoms with Gasteiger partial charge in [0.2, 0.25) is 0 Å². The van der Waals surface area contributed by atoms with Gasteiger partial charge in [-0.3, -0.25) is 4.79 Å². The zero-order chi connectivity index (χ0) is 14.0. The maximum atomic E-state index is 12.2. The first-order valence-corrected chi connectivity index (χ1v) is 6.80. The molecule has 0 aliphatic heterocycles. The van der Waals surface area contributed by atoms with Crippen LogP contribution in [0.15, 0.2) is 43.0 Å². The molecule has 1 aromatic heterocycles. The SMILES string of the molecule is Cc1cccc(CC2(NC(=O)c3cncnc3)CC2)c1. The van der Waals surface area contributed by atoms with Crippen molar-refractivity contribution in [2.45, 2.75) is 31.7 Å². The van der Waals surface area contributed by atoms with E-state index in [1.165, 1.54) is 17.5 Å². The van der Waals surface area contributed by atoms with Crippen LogP contribution in [0.4, 0.5) is 0 Å². The predicted octanol–water partition coefficient (Wildman–Crippen LogP) is 2.29. The predicted molar refractivity (Wildman–Crippen MR) is 76.3 cm³/mol. The average Bonchev–Trinajstić information content (AvgIpc) is 3.19. The van der Waals surface area contributed by atoms with E-state index < -0.39 is 0 Å². The number of rotatable bonds is 4. The normalized spacial score (nSPS) is 15.7. The number of carbonyl (C=O) groups excluding carboxylic acids is 1. The van der Waals surface area contributed by atoms with E-state index in [1.54, 1.807) is 12.4 Å². The van der Waals surface area contributed by atoms with E-state index in [2.05, 4.69) is 46.5 Å². The lowest BCUT2D eigenvalue weighted by molar-refractivity contribution is 0.0930. The van der Waals surface area contributed by atoms with Crippen molar-refractivity contribution in [2.75, 3.05) is 0 Å². The van der Waals surface area contributed by atoms with Crippen LogP contribution in [0.3, 0.4) is 0 Å². The van der Waals surface area contributed by atoms with Gasteiger partial charge in [0.1, 0.15) is 6.33 Å². The molecule has 1 fully saturated rings. The van der Waals surface area contributed by atoms with Crippen LogP contribution in [0.1, 0.15) is 34.3 Å². The van der Waals surface area contributed by atoms with E-state index in [1.807, 2.05) is 0 Å². The summed E-state index contributed by atoms with van der Waals surface area (Å²) in [4.78, 5) is 19.9. The molecule has 4 nitrogen and oxygen atoms in total. The Morgan fingerprint density at radius 3 is 2.70 bits per heavy atom. The molecular weight excluding hydrogens is 250 g/mol. The Morgan fingerprint density at radius 1 is 1.30 bits per heavy atom. The number of aromatic nitrogens is 2. The van der Waals surface area contributed by atoms with Crippen molar-refractivity contribution in [2.24, 2.45) is 0 Å². The molecule has 0 spiro atoms. The molecule has 0 saturated heterocycles. The molecular formula is C16H17N3O. The first-order chi connectivity index (χ1) is 9.67. The van der Waals surface area contributed by atoms with Crippen molar-refractivity contribution in [1.82, 2.24) is 15.3 Å². The van der Waals surface area contributed by atoms with Crippen molar-refractivity contribution in [3.63, 3.8) is 0 Å². The molecule has 3 rings (SSSR count). The molecule has 2 aromatic rings. The van der Waals surface area contributed by atoms with Crippen LogP contribution in [0.25, 0.3) is 0 Å². The summed E-state index contributed by atoms with van der Waals surface area (Å²) >= 11 is 0. The van der Waals surface area contributed by atoms with E-state index in [0.717, 1.165) is 19.3 Å². The molecule has 1 aromatic carbocycles. The highest BCUT2D eigenvalue weighted by molar-refractivity contribution is 5.94. The van der Waals surface area contributed by atoms with Gasteiger partial charge in [-0.15, -0.1) is 0 Å². The number of hydrogen-bond acceptors (Lipinski definition) is 3. The van der Waals surface area contributed by atoms with Gasteiger partial charge in [-0.1, -0.05) is 29.8 Å². The maximum Gasteiger partial charge on any atom is 0.254 e. The number of benzene rings is 1. The molecule has 20 heavy (non-hydrogen) atoms. The van der Waals surface area contributed by atoms with E-state index in [9.17, 15) is 4.79 Å². The second-order valence-electron chi connectivity index (χ2n) is 5.53. The molecule has 0 bridgehead atoms. The fourth-order valence-electron chi connectivity index (χ4n) is 2.44. The highest BCUT2D eigenvalue weighted by Gasteiger charge is 2.44. The van der Waals surface area contributed by atoms with Gasteiger partial charge in [0.05, 0.1) is 5.56 Å². The van der Waals surface area contributed by atoms with Crippen LogP contribution in [0.5, 0.6) is 0 Å². The van der Waals surface area contributed by atoms with Crippen LogP contribution < -0.4 is 5.32 Å². The lowest BCUT2D eigenvalue weighted by Gasteiger charge is -2.17. The Labute approximate surface area is 118 Å². The van der Waals surface area contributed by atoms with Gasteiger partial charge < -0.3 is 5.32 Å². The Bertz CT molecular complexity index is 621. The minimum Gasteiger partial charge on any atom is -0.346 e. The number of nitrogens with one attached hydrogen (secondary N) is 1. The summed E-state index contributed by atoms with van der Waals surface area (Å²) in [6, 6.07) is 8.44. The molecule has 1 amide bonds. The number of carbonyl (C=O) groups is 1. The van der Waals surface area contributed by atoms with Crippen molar-refractivity contribution in [3.05, 3.63) is 59.7 Å². The highest BCUT2D eigenvalue weighted by atomic mass is 16.1. The average molecular weight is 267 g/mol. The maximum absolute atomic E-state index is 12.2. The van der Waals surface area contributed by atoms with Gasteiger partial charge in [0, 0.05) is 17.9 Å². The van der Waals surface area contributed by atoms with Gasteiger partial charge in [-0.05, 0) is 31.7 Å². The second kappa shape index (κ2) is 5.04. The number of aryl methyl sites for hydroxylation is 1. The molecule has 1 aliphatic rings. The van der Waals surface area contributed by atoms with Crippen molar-refractivity contribution < 1.29 is 4.79 Å². The summed E-state index contributed by atoms with van der Waals surface area (Å²) < 4.78 is 0. The summed E-state index contributed by atoms with van der Waals surface area (Å²) in [7, 11) is 0. The third-order valence-electron chi connectivity index (χ3n) is 3.68. The second-order valence-corrected chi connectivity index (χ2v) is 5.53. The van der Waals surface area contributed by atoms with Gasteiger partial charge in [-0.25, -0.2) is 9.97 Å². The van der Waals surface area contributed by atoms with Crippen LogP contribution >= 0.6 is 0 Å². The highest BCUT2D eigenvalue weighted by Crippen LogP contribution is 2.39. The van der Waals surface area contributed by atoms with Gasteiger partial charge >= 0.3 is 0 Å². The summed E-state index contributed by atoms with van der Waals surface area (Å²) in [6.07, 6.45) is 7.46. The Hall–Kier alpha value is -2.23. The Kier molecular flexibility index (Phi) is 3.22. The molecule has 1 heterocycles. The standard InChI is InChI=1S/C16H17N3O/c1-12-3-2-4-13(7-12)8-16(5-6-16)19-15(20)14-9-17-11-18-10-14/h2-4,7,9-11H,5-6,8H2,1H3,(H,19,20). The van der Waals surface area contributed by atoms with Gasteiger partial charge in [-0.2, -0.15) is 0 Å². The molecule has 1 aliphatic carbocycles. The first-order valence-electron chi connectivity index (χ1n) is 6.80. The number of amides is 1. The number of hydrogen-bond donors (Lipinski definition) is 1. The fourth-order valence-corrected chi connectivity index (χ4v) is 2.44. The molecule has 0 atom stereocenters. The fraction of sp³-hybridized carbons (Fsp3) is 0.312.